The Morgan fingerprint density at radius 1 is 1.42 bits per heavy atom. The van der Waals surface area contributed by atoms with Gasteiger partial charge < -0.3 is 0 Å². The summed E-state index contributed by atoms with van der Waals surface area (Å²) in [5, 5.41) is 0. The standard InChI is InChI=1S/C10H10S.Mn/c1-2-8-11-9-10-6-4-3-5-7-10;/h2-7H,1,8H2;. The average molecular weight is 217 g/mol. The van der Waals surface area contributed by atoms with E-state index in [4.69, 9.17) is 0 Å². The first kappa shape index (κ1) is 9.78. The van der Waals surface area contributed by atoms with Gasteiger partial charge in [-0.2, -0.15) is 0 Å². The molecule has 0 nitrogen and oxygen atoms in total. The molecule has 0 aliphatic rings. The molecule has 0 aliphatic heterocycles. The molecule has 0 atom stereocenters. The Morgan fingerprint density at radius 2 is 2.08 bits per heavy atom. The third-order valence-electron chi connectivity index (χ3n) is 1.33. The van der Waals surface area contributed by atoms with E-state index >= 15 is 0 Å². The summed E-state index contributed by atoms with van der Waals surface area (Å²) in [6.45, 7) is 3.67. The van der Waals surface area contributed by atoms with Crippen LogP contribution in [0.5, 0.6) is 0 Å². The summed E-state index contributed by atoms with van der Waals surface area (Å²) in [5.41, 5.74) is 1.23. The molecule has 0 saturated carbocycles. The number of rotatable bonds is 4. The summed E-state index contributed by atoms with van der Waals surface area (Å²) in [4.78, 5) is 0. The molecular weight excluding hydrogens is 207 g/mol. The van der Waals surface area contributed by atoms with E-state index in [1.807, 2.05) is 24.3 Å². The van der Waals surface area contributed by atoms with Crippen LogP contribution >= 0.6 is 11.8 Å². The fourth-order valence-electron chi connectivity index (χ4n) is 0.785. The first-order chi connectivity index (χ1) is 5.84. The fourth-order valence-corrected chi connectivity index (χ4v) is 1.84. The predicted octanol–water partition coefficient (Wildman–Crippen LogP) is 2.63. The third-order valence-corrected chi connectivity index (χ3v) is 3.07. The molecule has 0 fully saturated rings. The van der Waals surface area contributed by atoms with E-state index in [2.05, 4.69) is 34.3 Å². The van der Waals surface area contributed by atoms with Crippen molar-refractivity contribution < 1.29 is 15.6 Å². The molecule has 0 amide bonds. The quantitative estimate of drug-likeness (QED) is 0.552. The Balaban J connectivity index is 2.59. The Kier molecular flexibility index (Phi) is 4.37. The number of hydrogen-bond donors (Lipinski definition) is 0. The van der Waals surface area contributed by atoms with Crippen LogP contribution in [0.3, 0.4) is 0 Å². The van der Waals surface area contributed by atoms with Gasteiger partial charge in [0, 0.05) is 0 Å². The summed E-state index contributed by atoms with van der Waals surface area (Å²) in [7, 11) is 0. The molecule has 1 rings (SSSR count). The second-order valence-corrected chi connectivity index (χ2v) is 4.24. The van der Waals surface area contributed by atoms with Gasteiger partial charge >= 0.3 is 85.4 Å². The summed E-state index contributed by atoms with van der Waals surface area (Å²) in [6, 6.07) is 10.2. The van der Waals surface area contributed by atoms with Gasteiger partial charge in [-0.3, -0.25) is 0 Å². The van der Waals surface area contributed by atoms with Crippen molar-refractivity contribution in [2.24, 2.45) is 0 Å². The zero-order chi connectivity index (χ0) is 8.81. The van der Waals surface area contributed by atoms with Crippen molar-refractivity contribution in [2.45, 2.75) is 0 Å². The average Bonchev–Trinajstić information content (AvgIpc) is 2.15. The summed E-state index contributed by atoms with van der Waals surface area (Å²) >= 11 is 5.26. The summed E-state index contributed by atoms with van der Waals surface area (Å²) in [5.74, 6) is 0.940. The SMILES string of the molecule is C=CCS[C](=[Mn])c1ccccc1. The van der Waals surface area contributed by atoms with E-state index in [1.54, 1.807) is 11.8 Å². The van der Waals surface area contributed by atoms with Crippen LogP contribution in [0.1, 0.15) is 5.56 Å². The van der Waals surface area contributed by atoms with Crippen LogP contribution in [0.2, 0.25) is 0 Å². The van der Waals surface area contributed by atoms with Gasteiger partial charge in [0.05, 0.1) is 0 Å². The third kappa shape index (κ3) is 2.98. The van der Waals surface area contributed by atoms with Crippen molar-refractivity contribution in [3.63, 3.8) is 0 Å². The van der Waals surface area contributed by atoms with E-state index in [-0.39, 0.29) is 0 Å². The van der Waals surface area contributed by atoms with Crippen molar-refractivity contribution >= 4 is 15.5 Å². The van der Waals surface area contributed by atoms with E-state index in [0.29, 0.717) is 0 Å². The molecule has 0 N–H and O–H groups in total. The monoisotopic (exact) mass is 217 g/mol. The van der Waals surface area contributed by atoms with E-state index < -0.39 is 0 Å². The molecule has 2 heteroatoms. The molecule has 0 unspecified atom stereocenters. The van der Waals surface area contributed by atoms with Crippen molar-refractivity contribution in [2.75, 3.05) is 5.75 Å². The summed E-state index contributed by atoms with van der Waals surface area (Å²) < 4.78 is 1.17. The van der Waals surface area contributed by atoms with E-state index in [9.17, 15) is 0 Å². The predicted molar refractivity (Wildman–Crippen MR) is 53.2 cm³/mol. The summed E-state index contributed by atoms with van der Waals surface area (Å²) in [6.07, 6.45) is 1.90. The van der Waals surface area contributed by atoms with Crippen LogP contribution in [0.25, 0.3) is 0 Å². The van der Waals surface area contributed by atoms with Crippen molar-refractivity contribution in [1.82, 2.24) is 0 Å². The van der Waals surface area contributed by atoms with E-state index in [0.717, 1.165) is 5.75 Å². The molecule has 12 heavy (non-hydrogen) atoms. The number of benzene rings is 1. The Bertz CT molecular complexity index is 266. The normalized spacial score (nSPS) is 9.33. The van der Waals surface area contributed by atoms with Gasteiger partial charge in [0.2, 0.25) is 0 Å². The van der Waals surface area contributed by atoms with Gasteiger partial charge in [0.1, 0.15) is 0 Å². The second-order valence-electron chi connectivity index (χ2n) is 2.24. The maximum atomic E-state index is 3.67. The van der Waals surface area contributed by atoms with Gasteiger partial charge in [-0.15, -0.1) is 0 Å². The van der Waals surface area contributed by atoms with Crippen molar-refractivity contribution in [1.29, 1.82) is 0 Å². The number of thioether (sulfide) groups is 1. The first-order valence-corrected chi connectivity index (χ1v) is 5.23. The van der Waals surface area contributed by atoms with Gasteiger partial charge in [-0.25, -0.2) is 0 Å². The molecule has 0 aromatic heterocycles. The van der Waals surface area contributed by atoms with E-state index in [1.165, 1.54) is 9.31 Å². The Labute approximate surface area is 85.4 Å². The van der Waals surface area contributed by atoms with Crippen LogP contribution in [0, 0.1) is 0 Å². The fraction of sp³-hybridized carbons (Fsp3) is 0.100. The molecule has 0 bridgehead atoms. The van der Waals surface area contributed by atoms with Crippen LogP contribution in [-0.4, -0.2) is 9.50 Å². The van der Waals surface area contributed by atoms with Crippen LogP contribution < -0.4 is 0 Å². The number of hydrogen-bond acceptors (Lipinski definition) is 1. The second kappa shape index (κ2) is 5.36. The zero-order valence-electron chi connectivity index (χ0n) is 6.66. The topological polar surface area (TPSA) is 0 Å². The molecular formula is C10H10MnS. The van der Waals surface area contributed by atoms with Gasteiger partial charge in [-0.05, 0) is 0 Å². The van der Waals surface area contributed by atoms with Crippen LogP contribution in [-0.2, 0) is 15.6 Å². The molecule has 0 saturated heterocycles. The molecule has 0 aliphatic carbocycles. The van der Waals surface area contributed by atoms with Crippen molar-refractivity contribution in [3.8, 4) is 0 Å². The maximum absolute atomic E-state index is 3.67. The Hall–Kier alpha value is -0.301. The molecule has 1 aromatic rings. The minimum absolute atomic E-state index is 0.940. The minimum atomic E-state index is 0.940. The molecule has 63 valence electrons. The molecule has 0 spiro atoms. The first-order valence-electron chi connectivity index (χ1n) is 3.66. The van der Waals surface area contributed by atoms with Gasteiger partial charge in [-0.1, -0.05) is 0 Å². The van der Waals surface area contributed by atoms with Crippen LogP contribution in [0.15, 0.2) is 43.0 Å². The van der Waals surface area contributed by atoms with Crippen molar-refractivity contribution in [3.05, 3.63) is 48.6 Å². The van der Waals surface area contributed by atoms with Gasteiger partial charge in [0.25, 0.3) is 0 Å². The molecule has 0 heterocycles. The van der Waals surface area contributed by atoms with Gasteiger partial charge in [0.15, 0.2) is 0 Å². The van der Waals surface area contributed by atoms with Crippen LogP contribution in [0.4, 0.5) is 0 Å². The zero-order valence-corrected chi connectivity index (χ0v) is 8.66. The molecule has 1 aromatic carbocycles. The Morgan fingerprint density at radius 3 is 2.67 bits per heavy atom. The molecule has 0 radical (unpaired) electrons.